The predicted molar refractivity (Wildman–Crippen MR) is 138 cm³/mol. The molecule has 1 rings (SSSR count). The zero-order valence-electron chi connectivity index (χ0n) is 20.5. The Morgan fingerprint density at radius 2 is 1.14 bits per heavy atom. The summed E-state index contributed by atoms with van der Waals surface area (Å²) < 4.78 is 20.4. The van der Waals surface area contributed by atoms with Crippen LogP contribution in [0.4, 0.5) is 0 Å². The van der Waals surface area contributed by atoms with Crippen molar-refractivity contribution in [1.82, 2.24) is 0 Å². The molecule has 29 heavy (non-hydrogen) atoms. The van der Waals surface area contributed by atoms with Crippen molar-refractivity contribution in [2.75, 3.05) is 0 Å². The molecule has 0 atom stereocenters. The number of rotatable bonds is 12. The highest BCUT2D eigenvalue weighted by Gasteiger charge is 2.51. The van der Waals surface area contributed by atoms with Gasteiger partial charge in [-0.1, -0.05) is 56.2 Å². The van der Waals surface area contributed by atoms with E-state index in [0.29, 0.717) is 0 Å². The average molecular weight is 469 g/mol. The van der Waals surface area contributed by atoms with Gasteiger partial charge in [0, 0.05) is 5.19 Å². The summed E-state index contributed by atoms with van der Waals surface area (Å²) in [6, 6.07) is 8.72. The van der Waals surface area contributed by atoms with Gasteiger partial charge in [-0.25, -0.2) is 0 Å². The number of benzene rings is 1. The van der Waals surface area contributed by atoms with Crippen LogP contribution in [0.3, 0.4) is 0 Å². The van der Waals surface area contributed by atoms with Crippen LogP contribution in [-0.2, 0) is 12.3 Å². The summed E-state index contributed by atoms with van der Waals surface area (Å²) in [6.07, 6.45) is 9.48. The molecule has 1 aromatic rings. The van der Waals surface area contributed by atoms with E-state index < -0.39 is 33.8 Å². The second-order valence-corrected chi connectivity index (χ2v) is 27.5. The van der Waals surface area contributed by atoms with Gasteiger partial charge in [-0.15, -0.1) is 0 Å². The Balaban J connectivity index is 3.25. The minimum Gasteiger partial charge on any atom is -0.414 e. The third-order valence-electron chi connectivity index (χ3n) is 3.87. The molecule has 0 bridgehead atoms. The SMILES string of the molecule is CCCCCC=Cc1ccc([Si](O[Si](C)(C)C)(O[Si](C)(C)C)O[Si](C)(C)C)cc1. The molecule has 3 nitrogen and oxygen atoms in total. The molecule has 0 fully saturated rings. The van der Waals surface area contributed by atoms with Crippen LogP contribution in [0.25, 0.3) is 6.08 Å². The summed E-state index contributed by atoms with van der Waals surface area (Å²) in [7, 11) is -8.63. The smallest absolute Gasteiger partial charge is 0.414 e. The van der Waals surface area contributed by atoms with Crippen molar-refractivity contribution in [2.45, 2.75) is 91.5 Å². The van der Waals surface area contributed by atoms with Crippen molar-refractivity contribution in [3.8, 4) is 0 Å². The van der Waals surface area contributed by atoms with Crippen LogP contribution < -0.4 is 5.19 Å². The Kier molecular flexibility index (Phi) is 9.99. The molecule has 0 saturated carbocycles. The van der Waals surface area contributed by atoms with Gasteiger partial charge in [0.25, 0.3) is 0 Å². The van der Waals surface area contributed by atoms with Crippen LogP contribution in [0.1, 0.15) is 38.2 Å². The maximum Gasteiger partial charge on any atom is 0.505 e. The summed E-state index contributed by atoms with van der Waals surface area (Å²) in [4.78, 5) is 0. The van der Waals surface area contributed by atoms with Crippen LogP contribution in [0.2, 0.25) is 58.9 Å². The maximum absolute atomic E-state index is 6.81. The quantitative estimate of drug-likeness (QED) is 0.244. The van der Waals surface area contributed by atoms with E-state index in [1.807, 2.05) is 0 Å². The minimum atomic E-state index is -2.99. The lowest BCUT2D eigenvalue weighted by atomic mass is 10.1. The first-order valence-corrected chi connectivity index (χ1v) is 23.0. The second-order valence-electron chi connectivity index (χ2n) is 10.7. The number of hydrogen-bond acceptors (Lipinski definition) is 3. The highest BCUT2D eigenvalue weighted by atomic mass is 28.5. The van der Waals surface area contributed by atoms with Gasteiger partial charge in [-0.2, -0.15) is 0 Å². The van der Waals surface area contributed by atoms with E-state index in [2.05, 4.69) is 102 Å². The molecular weight excluding hydrogens is 425 g/mol. The summed E-state index contributed by atoms with van der Waals surface area (Å²) in [5.74, 6) is 0. The Hall–Kier alpha value is -0.292. The van der Waals surface area contributed by atoms with Crippen LogP contribution >= 0.6 is 0 Å². The number of allylic oxidation sites excluding steroid dienone is 1. The molecule has 0 unspecified atom stereocenters. The molecule has 166 valence electrons. The van der Waals surface area contributed by atoms with Crippen LogP contribution in [0, 0.1) is 0 Å². The van der Waals surface area contributed by atoms with Crippen LogP contribution in [-0.4, -0.2) is 33.8 Å². The normalized spacial score (nSPS) is 14.0. The molecule has 0 aromatic heterocycles. The van der Waals surface area contributed by atoms with Crippen molar-refractivity contribution in [3.63, 3.8) is 0 Å². The molecule has 0 radical (unpaired) electrons. The van der Waals surface area contributed by atoms with Crippen molar-refractivity contribution in [3.05, 3.63) is 35.9 Å². The van der Waals surface area contributed by atoms with Crippen molar-refractivity contribution in [2.24, 2.45) is 0 Å². The lowest BCUT2D eigenvalue weighted by molar-refractivity contribution is 0.273. The average Bonchev–Trinajstić information content (AvgIpc) is 2.50. The monoisotopic (exact) mass is 468 g/mol. The van der Waals surface area contributed by atoms with Gasteiger partial charge in [-0.3, -0.25) is 0 Å². The molecule has 1 aromatic carbocycles. The molecule has 0 heterocycles. The molecular formula is C22H44O3Si4. The van der Waals surface area contributed by atoms with Gasteiger partial charge < -0.3 is 12.3 Å². The fraction of sp³-hybridized carbons (Fsp3) is 0.636. The van der Waals surface area contributed by atoms with Crippen LogP contribution in [0.15, 0.2) is 30.3 Å². The van der Waals surface area contributed by atoms with Gasteiger partial charge in [0.1, 0.15) is 0 Å². The van der Waals surface area contributed by atoms with E-state index in [1.165, 1.54) is 24.8 Å². The standard InChI is InChI=1S/C22H44O3Si4/c1-11-12-13-14-15-16-21-17-19-22(20-18-21)29(23-26(2,3)4,24-27(5,6)7)25-28(8,9)10/h15-20H,11-14H2,1-10H3. The van der Waals surface area contributed by atoms with Gasteiger partial charge >= 0.3 is 8.80 Å². The third kappa shape index (κ3) is 11.1. The maximum atomic E-state index is 6.81. The number of hydrogen-bond donors (Lipinski definition) is 0. The molecule has 0 spiro atoms. The van der Waals surface area contributed by atoms with E-state index in [4.69, 9.17) is 12.3 Å². The summed E-state index contributed by atoms with van der Waals surface area (Å²) in [5.41, 5.74) is 1.22. The Bertz CT molecular complexity index is 597. The van der Waals surface area contributed by atoms with Gasteiger partial charge in [0.05, 0.1) is 0 Å². The predicted octanol–water partition coefficient (Wildman–Crippen LogP) is 6.98. The topological polar surface area (TPSA) is 27.7 Å². The van der Waals surface area contributed by atoms with E-state index in [9.17, 15) is 0 Å². The zero-order valence-corrected chi connectivity index (χ0v) is 24.5. The fourth-order valence-electron chi connectivity index (χ4n) is 2.98. The fourth-order valence-corrected chi connectivity index (χ4v) is 16.3. The molecule has 0 aliphatic heterocycles. The van der Waals surface area contributed by atoms with Gasteiger partial charge in [0.15, 0.2) is 25.0 Å². The molecule has 0 saturated heterocycles. The highest BCUT2D eigenvalue weighted by molar-refractivity contribution is 6.95. The Labute approximate surface area is 184 Å². The van der Waals surface area contributed by atoms with E-state index in [-0.39, 0.29) is 0 Å². The van der Waals surface area contributed by atoms with Crippen molar-refractivity contribution < 1.29 is 12.3 Å². The molecule has 7 heteroatoms. The van der Waals surface area contributed by atoms with E-state index in [1.54, 1.807) is 0 Å². The molecule has 0 N–H and O–H groups in total. The molecule has 0 amide bonds. The van der Waals surface area contributed by atoms with Crippen LogP contribution in [0.5, 0.6) is 0 Å². The van der Waals surface area contributed by atoms with E-state index >= 15 is 0 Å². The molecule has 0 aliphatic carbocycles. The molecule has 0 aliphatic rings. The summed E-state index contributed by atoms with van der Waals surface area (Å²) >= 11 is 0. The lowest BCUT2D eigenvalue weighted by Crippen LogP contribution is -2.67. The summed E-state index contributed by atoms with van der Waals surface area (Å²) in [5, 5.41) is 1.10. The lowest BCUT2D eigenvalue weighted by Gasteiger charge is -2.42. The second kappa shape index (κ2) is 10.8. The first-order chi connectivity index (χ1) is 13.2. The first kappa shape index (κ1) is 26.7. The Morgan fingerprint density at radius 1 is 0.690 bits per heavy atom. The first-order valence-electron chi connectivity index (χ1n) is 11.0. The van der Waals surface area contributed by atoms with Crippen molar-refractivity contribution in [1.29, 1.82) is 0 Å². The zero-order chi connectivity index (χ0) is 22.3. The van der Waals surface area contributed by atoms with Gasteiger partial charge in [0.2, 0.25) is 0 Å². The highest BCUT2D eigenvalue weighted by Crippen LogP contribution is 2.26. The summed E-state index contributed by atoms with van der Waals surface area (Å²) in [6.45, 7) is 22.3. The largest absolute Gasteiger partial charge is 0.505 e. The third-order valence-corrected chi connectivity index (χ3v) is 15.5. The Morgan fingerprint density at radius 3 is 1.52 bits per heavy atom. The van der Waals surface area contributed by atoms with Gasteiger partial charge in [-0.05, 0) is 77.3 Å². The minimum absolute atomic E-state index is 1.10. The van der Waals surface area contributed by atoms with E-state index in [0.717, 1.165) is 11.6 Å². The number of unbranched alkanes of at least 4 members (excludes halogenated alkanes) is 3. The van der Waals surface area contributed by atoms with Crippen molar-refractivity contribution >= 4 is 45.0 Å².